The number of hydrogen-bond donors (Lipinski definition) is 1. The zero-order valence-corrected chi connectivity index (χ0v) is 11.0. The summed E-state index contributed by atoms with van der Waals surface area (Å²) in [5.74, 6) is 1.27. The van der Waals surface area contributed by atoms with Crippen molar-refractivity contribution >= 4 is 11.0 Å². The van der Waals surface area contributed by atoms with Crippen molar-refractivity contribution in [3.63, 3.8) is 0 Å². The van der Waals surface area contributed by atoms with Crippen molar-refractivity contribution in [2.75, 3.05) is 6.54 Å². The maximum absolute atomic E-state index is 5.52. The SMILES string of the molecule is c1ccc2c(-c3noc([C@H]4CCCCN4)n3)coc2c1. The normalized spacial score (nSPS) is 19.5. The fourth-order valence-corrected chi connectivity index (χ4v) is 2.70. The van der Waals surface area contributed by atoms with E-state index < -0.39 is 0 Å². The van der Waals surface area contributed by atoms with Gasteiger partial charge in [0.2, 0.25) is 11.7 Å². The average molecular weight is 269 g/mol. The zero-order chi connectivity index (χ0) is 13.4. The van der Waals surface area contributed by atoms with Crippen LogP contribution in [0.15, 0.2) is 39.5 Å². The number of benzene rings is 1. The molecule has 1 N–H and O–H groups in total. The summed E-state index contributed by atoms with van der Waals surface area (Å²) in [7, 11) is 0. The minimum atomic E-state index is 0.183. The Balaban J connectivity index is 1.70. The van der Waals surface area contributed by atoms with Crippen LogP contribution in [0.2, 0.25) is 0 Å². The molecular formula is C15H15N3O2. The third kappa shape index (κ3) is 1.91. The minimum absolute atomic E-state index is 0.183. The van der Waals surface area contributed by atoms with Gasteiger partial charge in [0.15, 0.2) is 0 Å². The van der Waals surface area contributed by atoms with Gasteiger partial charge in [-0.25, -0.2) is 0 Å². The van der Waals surface area contributed by atoms with E-state index in [4.69, 9.17) is 8.94 Å². The molecule has 3 aromatic rings. The van der Waals surface area contributed by atoms with Gasteiger partial charge < -0.3 is 14.3 Å². The summed E-state index contributed by atoms with van der Waals surface area (Å²) in [6.45, 7) is 1.01. The molecule has 1 atom stereocenters. The molecule has 0 aliphatic carbocycles. The first-order valence-electron chi connectivity index (χ1n) is 6.95. The fraction of sp³-hybridized carbons (Fsp3) is 0.333. The number of furan rings is 1. The summed E-state index contributed by atoms with van der Waals surface area (Å²) in [4.78, 5) is 4.53. The lowest BCUT2D eigenvalue weighted by atomic mass is 10.1. The van der Waals surface area contributed by atoms with E-state index in [0.29, 0.717) is 11.7 Å². The molecule has 1 fully saturated rings. The molecule has 1 aliphatic rings. The highest BCUT2D eigenvalue weighted by Crippen LogP contribution is 2.30. The van der Waals surface area contributed by atoms with Crippen molar-refractivity contribution in [3.8, 4) is 11.4 Å². The Morgan fingerprint density at radius 1 is 1.20 bits per heavy atom. The molecule has 102 valence electrons. The predicted molar refractivity (Wildman–Crippen MR) is 74.1 cm³/mol. The van der Waals surface area contributed by atoms with Crippen LogP contribution < -0.4 is 5.32 Å². The molecule has 0 bridgehead atoms. The Labute approximate surface area is 116 Å². The van der Waals surface area contributed by atoms with E-state index in [1.807, 2.05) is 24.3 Å². The van der Waals surface area contributed by atoms with E-state index in [2.05, 4.69) is 15.5 Å². The van der Waals surface area contributed by atoms with Crippen molar-refractivity contribution in [3.05, 3.63) is 36.4 Å². The van der Waals surface area contributed by atoms with E-state index in [-0.39, 0.29) is 6.04 Å². The quantitative estimate of drug-likeness (QED) is 0.773. The number of aromatic nitrogens is 2. The molecule has 1 aliphatic heterocycles. The summed E-state index contributed by atoms with van der Waals surface area (Å²) < 4.78 is 10.9. The summed E-state index contributed by atoms with van der Waals surface area (Å²) >= 11 is 0. The van der Waals surface area contributed by atoms with Gasteiger partial charge in [-0.15, -0.1) is 0 Å². The highest BCUT2D eigenvalue weighted by Gasteiger charge is 2.22. The van der Waals surface area contributed by atoms with Gasteiger partial charge in [-0.3, -0.25) is 0 Å². The highest BCUT2D eigenvalue weighted by molar-refractivity contribution is 5.91. The molecule has 0 unspecified atom stereocenters. The van der Waals surface area contributed by atoms with E-state index in [1.165, 1.54) is 12.8 Å². The molecule has 5 nitrogen and oxygen atoms in total. The Kier molecular flexibility index (Phi) is 2.77. The van der Waals surface area contributed by atoms with Gasteiger partial charge in [0, 0.05) is 5.39 Å². The highest BCUT2D eigenvalue weighted by atomic mass is 16.5. The number of rotatable bonds is 2. The molecular weight excluding hydrogens is 254 g/mol. The molecule has 0 amide bonds. The monoisotopic (exact) mass is 269 g/mol. The molecule has 20 heavy (non-hydrogen) atoms. The molecule has 1 saturated heterocycles. The van der Waals surface area contributed by atoms with Crippen molar-refractivity contribution in [1.82, 2.24) is 15.5 Å². The number of nitrogens with one attached hydrogen (secondary N) is 1. The van der Waals surface area contributed by atoms with Crippen LogP contribution in [0.1, 0.15) is 31.2 Å². The number of piperidine rings is 1. The third-order valence-corrected chi connectivity index (χ3v) is 3.77. The first-order valence-corrected chi connectivity index (χ1v) is 6.95. The second-order valence-corrected chi connectivity index (χ2v) is 5.10. The molecule has 0 radical (unpaired) electrons. The largest absolute Gasteiger partial charge is 0.464 e. The van der Waals surface area contributed by atoms with Crippen molar-refractivity contribution in [1.29, 1.82) is 0 Å². The van der Waals surface area contributed by atoms with Gasteiger partial charge >= 0.3 is 0 Å². The smallest absolute Gasteiger partial charge is 0.244 e. The maximum atomic E-state index is 5.52. The average Bonchev–Trinajstić information content (AvgIpc) is 3.14. The molecule has 0 saturated carbocycles. The van der Waals surface area contributed by atoms with Crippen LogP contribution in [0, 0.1) is 0 Å². The second-order valence-electron chi connectivity index (χ2n) is 5.10. The van der Waals surface area contributed by atoms with E-state index in [9.17, 15) is 0 Å². The van der Waals surface area contributed by atoms with Crippen molar-refractivity contribution in [2.45, 2.75) is 25.3 Å². The lowest BCUT2D eigenvalue weighted by molar-refractivity contribution is 0.297. The van der Waals surface area contributed by atoms with Crippen LogP contribution in [0.5, 0.6) is 0 Å². The van der Waals surface area contributed by atoms with Gasteiger partial charge in [0.1, 0.15) is 11.8 Å². The Morgan fingerprint density at radius 2 is 2.15 bits per heavy atom. The Bertz CT molecular complexity index is 725. The van der Waals surface area contributed by atoms with E-state index >= 15 is 0 Å². The lowest BCUT2D eigenvalue weighted by Gasteiger charge is -2.19. The first kappa shape index (κ1) is 11.7. The van der Waals surface area contributed by atoms with Gasteiger partial charge in [-0.05, 0) is 25.5 Å². The van der Waals surface area contributed by atoms with Crippen molar-refractivity contribution < 1.29 is 8.94 Å². The van der Waals surface area contributed by atoms with E-state index in [0.717, 1.165) is 29.5 Å². The van der Waals surface area contributed by atoms with Crippen LogP contribution in [0.25, 0.3) is 22.4 Å². The number of fused-ring (bicyclic) bond motifs is 1. The maximum Gasteiger partial charge on any atom is 0.244 e. The lowest BCUT2D eigenvalue weighted by Crippen LogP contribution is -2.26. The van der Waals surface area contributed by atoms with Crippen LogP contribution in [-0.2, 0) is 0 Å². The van der Waals surface area contributed by atoms with Gasteiger partial charge in [-0.2, -0.15) is 4.98 Å². The Morgan fingerprint density at radius 3 is 3.05 bits per heavy atom. The number of hydrogen-bond acceptors (Lipinski definition) is 5. The summed E-state index contributed by atoms with van der Waals surface area (Å²) in [5, 5.41) is 8.52. The molecule has 3 heterocycles. The molecule has 4 rings (SSSR count). The van der Waals surface area contributed by atoms with Crippen LogP contribution >= 0.6 is 0 Å². The van der Waals surface area contributed by atoms with Gasteiger partial charge in [-0.1, -0.05) is 29.8 Å². The second kappa shape index (κ2) is 4.76. The predicted octanol–water partition coefficient (Wildman–Crippen LogP) is 3.30. The van der Waals surface area contributed by atoms with E-state index in [1.54, 1.807) is 6.26 Å². The molecule has 5 heteroatoms. The van der Waals surface area contributed by atoms with Gasteiger partial charge in [0.25, 0.3) is 0 Å². The van der Waals surface area contributed by atoms with Crippen LogP contribution in [-0.4, -0.2) is 16.7 Å². The number of para-hydroxylation sites is 1. The molecule has 2 aromatic heterocycles. The summed E-state index contributed by atoms with van der Waals surface area (Å²) in [6.07, 6.45) is 5.15. The summed E-state index contributed by atoms with van der Waals surface area (Å²) in [5.41, 5.74) is 1.72. The molecule has 1 aromatic carbocycles. The van der Waals surface area contributed by atoms with Crippen molar-refractivity contribution in [2.24, 2.45) is 0 Å². The zero-order valence-electron chi connectivity index (χ0n) is 11.0. The standard InChI is InChI=1S/C15H15N3O2/c1-2-7-13-10(5-1)11(9-19-13)14-17-15(20-18-14)12-6-3-4-8-16-12/h1-2,5,7,9,12,16H,3-4,6,8H2/t12-/m1/s1. The topological polar surface area (TPSA) is 64.1 Å². The minimum Gasteiger partial charge on any atom is -0.464 e. The third-order valence-electron chi connectivity index (χ3n) is 3.77. The van der Waals surface area contributed by atoms with Crippen LogP contribution in [0.4, 0.5) is 0 Å². The summed E-state index contributed by atoms with van der Waals surface area (Å²) in [6, 6.07) is 8.04. The van der Waals surface area contributed by atoms with Gasteiger partial charge in [0.05, 0.1) is 11.6 Å². The fourth-order valence-electron chi connectivity index (χ4n) is 2.70. The number of nitrogens with zero attached hydrogens (tertiary/aromatic N) is 2. The van der Waals surface area contributed by atoms with Crippen LogP contribution in [0.3, 0.4) is 0 Å². The Hall–Kier alpha value is -2.14. The first-order chi connectivity index (χ1) is 9.92. The molecule has 0 spiro atoms.